The van der Waals surface area contributed by atoms with E-state index >= 15 is 0 Å². The summed E-state index contributed by atoms with van der Waals surface area (Å²) in [7, 11) is 1.94. The van der Waals surface area contributed by atoms with Crippen LogP contribution >= 0.6 is 0 Å². The first-order valence-electron chi connectivity index (χ1n) is 5.69. The van der Waals surface area contributed by atoms with Gasteiger partial charge in [0.25, 0.3) is 0 Å². The van der Waals surface area contributed by atoms with E-state index in [0.29, 0.717) is 5.92 Å². The molecule has 0 saturated heterocycles. The third-order valence-electron chi connectivity index (χ3n) is 2.69. The SMILES string of the molecule is CC(C)CCNc1nccc2c1cnn2C. The van der Waals surface area contributed by atoms with Crippen molar-refractivity contribution in [1.29, 1.82) is 0 Å². The summed E-state index contributed by atoms with van der Waals surface area (Å²) in [6.07, 6.45) is 4.83. The van der Waals surface area contributed by atoms with Gasteiger partial charge in [-0.2, -0.15) is 5.10 Å². The van der Waals surface area contributed by atoms with Gasteiger partial charge < -0.3 is 5.32 Å². The van der Waals surface area contributed by atoms with Crippen LogP contribution in [-0.4, -0.2) is 21.3 Å². The molecule has 0 aliphatic rings. The van der Waals surface area contributed by atoms with Crippen LogP contribution in [0.4, 0.5) is 5.82 Å². The average molecular weight is 218 g/mol. The molecule has 2 aromatic heterocycles. The Kier molecular flexibility index (Phi) is 3.08. The van der Waals surface area contributed by atoms with E-state index in [1.165, 1.54) is 0 Å². The van der Waals surface area contributed by atoms with Gasteiger partial charge in [0.15, 0.2) is 0 Å². The fourth-order valence-electron chi connectivity index (χ4n) is 1.70. The zero-order valence-corrected chi connectivity index (χ0v) is 10.1. The molecule has 0 aliphatic carbocycles. The van der Waals surface area contributed by atoms with E-state index in [1.54, 1.807) is 0 Å². The van der Waals surface area contributed by atoms with Gasteiger partial charge in [0.1, 0.15) is 5.82 Å². The molecule has 0 fully saturated rings. The van der Waals surface area contributed by atoms with Crippen molar-refractivity contribution in [3.8, 4) is 0 Å². The number of aromatic nitrogens is 3. The van der Waals surface area contributed by atoms with Crippen LogP contribution in [0.5, 0.6) is 0 Å². The second-order valence-corrected chi connectivity index (χ2v) is 4.47. The number of anilines is 1. The van der Waals surface area contributed by atoms with Crippen molar-refractivity contribution in [2.24, 2.45) is 13.0 Å². The van der Waals surface area contributed by atoms with E-state index in [-0.39, 0.29) is 0 Å². The molecule has 2 heterocycles. The van der Waals surface area contributed by atoms with Crippen LogP contribution in [0.25, 0.3) is 10.9 Å². The minimum absolute atomic E-state index is 0.709. The van der Waals surface area contributed by atoms with Crippen molar-refractivity contribution >= 4 is 16.7 Å². The lowest BCUT2D eigenvalue weighted by molar-refractivity contribution is 0.607. The molecule has 0 aliphatic heterocycles. The summed E-state index contributed by atoms with van der Waals surface area (Å²) >= 11 is 0. The molecule has 0 radical (unpaired) electrons. The zero-order valence-electron chi connectivity index (χ0n) is 10.1. The molecule has 0 amide bonds. The molecule has 1 N–H and O–H groups in total. The van der Waals surface area contributed by atoms with Gasteiger partial charge in [-0.1, -0.05) is 13.8 Å². The summed E-state index contributed by atoms with van der Waals surface area (Å²) in [4.78, 5) is 4.35. The first-order chi connectivity index (χ1) is 7.68. The molecule has 0 unspecified atom stereocenters. The lowest BCUT2D eigenvalue weighted by atomic mass is 10.1. The predicted octanol–water partition coefficient (Wildman–Crippen LogP) is 2.43. The van der Waals surface area contributed by atoms with Gasteiger partial charge in [0.2, 0.25) is 0 Å². The van der Waals surface area contributed by atoms with Crippen molar-refractivity contribution < 1.29 is 0 Å². The Hall–Kier alpha value is -1.58. The number of nitrogens with one attached hydrogen (secondary N) is 1. The summed E-state index contributed by atoms with van der Waals surface area (Å²) in [6, 6.07) is 1.98. The molecule has 4 heteroatoms. The summed E-state index contributed by atoms with van der Waals surface area (Å²) in [6.45, 7) is 5.40. The molecule has 0 spiro atoms. The molecule has 2 rings (SSSR count). The van der Waals surface area contributed by atoms with E-state index < -0.39 is 0 Å². The van der Waals surface area contributed by atoms with Gasteiger partial charge in [-0.05, 0) is 18.4 Å². The third kappa shape index (κ3) is 2.15. The topological polar surface area (TPSA) is 42.7 Å². The number of hydrogen-bond donors (Lipinski definition) is 1. The smallest absolute Gasteiger partial charge is 0.137 e. The van der Waals surface area contributed by atoms with Crippen LogP contribution in [0.2, 0.25) is 0 Å². The number of aryl methyl sites for hydroxylation is 1. The Balaban J connectivity index is 2.17. The Labute approximate surface area is 95.7 Å². The van der Waals surface area contributed by atoms with Crippen molar-refractivity contribution in [3.63, 3.8) is 0 Å². The minimum atomic E-state index is 0.709. The second kappa shape index (κ2) is 4.51. The molecule has 2 aromatic rings. The van der Waals surface area contributed by atoms with E-state index in [4.69, 9.17) is 0 Å². The lowest BCUT2D eigenvalue weighted by Gasteiger charge is -2.08. The van der Waals surface area contributed by atoms with Crippen LogP contribution in [-0.2, 0) is 7.05 Å². The van der Waals surface area contributed by atoms with E-state index in [1.807, 2.05) is 30.2 Å². The fourth-order valence-corrected chi connectivity index (χ4v) is 1.70. The predicted molar refractivity (Wildman–Crippen MR) is 66.5 cm³/mol. The number of nitrogens with zero attached hydrogens (tertiary/aromatic N) is 3. The van der Waals surface area contributed by atoms with Crippen LogP contribution in [0.1, 0.15) is 20.3 Å². The summed E-state index contributed by atoms with van der Waals surface area (Å²) in [5.74, 6) is 1.65. The van der Waals surface area contributed by atoms with E-state index in [2.05, 4.69) is 29.2 Å². The van der Waals surface area contributed by atoms with Crippen LogP contribution in [0.15, 0.2) is 18.5 Å². The van der Waals surface area contributed by atoms with Crippen molar-refractivity contribution in [1.82, 2.24) is 14.8 Å². The molecule has 86 valence electrons. The molecular formula is C12H18N4. The highest BCUT2D eigenvalue weighted by Gasteiger charge is 2.05. The summed E-state index contributed by atoms with van der Waals surface area (Å²) in [5, 5.41) is 8.70. The highest BCUT2D eigenvalue weighted by Crippen LogP contribution is 2.19. The van der Waals surface area contributed by atoms with Crippen molar-refractivity contribution in [2.45, 2.75) is 20.3 Å². The Morgan fingerprint density at radius 3 is 3.00 bits per heavy atom. The molecule has 0 saturated carbocycles. The van der Waals surface area contributed by atoms with Crippen LogP contribution in [0, 0.1) is 5.92 Å². The van der Waals surface area contributed by atoms with Crippen LogP contribution in [0.3, 0.4) is 0 Å². The van der Waals surface area contributed by atoms with Crippen LogP contribution < -0.4 is 5.32 Å². The highest BCUT2D eigenvalue weighted by molar-refractivity contribution is 5.88. The second-order valence-electron chi connectivity index (χ2n) is 4.47. The first kappa shape index (κ1) is 10.9. The van der Waals surface area contributed by atoms with Gasteiger partial charge >= 0.3 is 0 Å². The quantitative estimate of drug-likeness (QED) is 0.857. The Bertz CT molecular complexity index is 473. The van der Waals surface area contributed by atoms with Gasteiger partial charge in [-0.25, -0.2) is 4.98 Å². The molecule has 0 bridgehead atoms. The zero-order chi connectivity index (χ0) is 11.5. The number of pyridine rings is 1. The Morgan fingerprint density at radius 2 is 2.25 bits per heavy atom. The van der Waals surface area contributed by atoms with Crippen molar-refractivity contribution in [2.75, 3.05) is 11.9 Å². The number of hydrogen-bond acceptors (Lipinski definition) is 3. The lowest BCUT2D eigenvalue weighted by Crippen LogP contribution is -2.06. The monoisotopic (exact) mass is 218 g/mol. The average Bonchev–Trinajstić information content (AvgIpc) is 2.61. The molecular weight excluding hydrogens is 200 g/mol. The summed E-state index contributed by atoms with van der Waals surface area (Å²) < 4.78 is 1.87. The van der Waals surface area contributed by atoms with E-state index in [0.717, 1.165) is 29.7 Å². The minimum Gasteiger partial charge on any atom is -0.369 e. The molecule has 16 heavy (non-hydrogen) atoms. The van der Waals surface area contributed by atoms with Gasteiger partial charge in [-0.15, -0.1) is 0 Å². The van der Waals surface area contributed by atoms with Crippen molar-refractivity contribution in [3.05, 3.63) is 18.5 Å². The molecule has 0 atom stereocenters. The number of fused-ring (bicyclic) bond motifs is 1. The van der Waals surface area contributed by atoms with Gasteiger partial charge in [-0.3, -0.25) is 4.68 Å². The maximum absolute atomic E-state index is 4.35. The Morgan fingerprint density at radius 1 is 1.44 bits per heavy atom. The molecule has 4 nitrogen and oxygen atoms in total. The van der Waals surface area contributed by atoms with Gasteiger partial charge in [0, 0.05) is 19.8 Å². The number of rotatable bonds is 4. The van der Waals surface area contributed by atoms with E-state index in [9.17, 15) is 0 Å². The fraction of sp³-hybridized carbons (Fsp3) is 0.500. The maximum atomic E-state index is 4.35. The normalized spacial score (nSPS) is 11.2. The highest BCUT2D eigenvalue weighted by atomic mass is 15.3. The standard InChI is InChI=1S/C12H18N4/c1-9(2)4-6-13-12-10-8-15-16(3)11(10)5-7-14-12/h5,7-9H,4,6H2,1-3H3,(H,13,14). The third-order valence-corrected chi connectivity index (χ3v) is 2.69. The largest absolute Gasteiger partial charge is 0.369 e. The maximum Gasteiger partial charge on any atom is 0.137 e. The molecule has 0 aromatic carbocycles. The summed E-state index contributed by atoms with van der Waals surface area (Å²) in [5.41, 5.74) is 1.11. The first-order valence-corrected chi connectivity index (χ1v) is 5.69. The van der Waals surface area contributed by atoms with Gasteiger partial charge in [0.05, 0.1) is 17.1 Å².